The second kappa shape index (κ2) is 8.72. The largest absolute Gasteiger partial charge is 0.468 e. The smallest absolute Gasteiger partial charge is 0.416 e. The molecule has 152 valence electrons. The molecule has 7 nitrogen and oxygen atoms in total. The van der Waals surface area contributed by atoms with E-state index in [2.05, 4.69) is 20.3 Å². The average molecular weight is 406 g/mol. The van der Waals surface area contributed by atoms with Gasteiger partial charge in [-0.15, -0.1) is 10.2 Å². The van der Waals surface area contributed by atoms with E-state index in [9.17, 15) is 13.2 Å². The number of nitrogens with zero attached hydrogens (tertiary/aromatic N) is 4. The zero-order valence-corrected chi connectivity index (χ0v) is 15.6. The molecule has 0 amide bonds. The minimum atomic E-state index is -4.36. The molecular formula is C19H17F3N4O3. The third kappa shape index (κ3) is 5.77. The van der Waals surface area contributed by atoms with Crippen molar-refractivity contribution in [3.63, 3.8) is 0 Å². The highest BCUT2D eigenvalue weighted by atomic mass is 19.4. The summed E-state index contributed by atoms with van der Waals surface area (Å²) >= 11 is 0. The monoisotopic (exact) mass is 406 g/mol. The van der Waals surface area contributed by atoms with E-state index in [1.54, 1.807) is 32.2 Å². The molecule has 3 rings (SSSR count). The number of hydrogen-bond donors (Lipinski definition) is 0. The van der Waals surface area contributed by atoms with Gasteiger partial charge in [-0.1, -0.05) is 17.3 Å². The van der Waals surface area contributed by atoms with Crippen LogP contribution in [0.15, 0.2) is 52.2 Å². The molecule has 0 spiro atoms. The average Bonchev–Trinajstić information content (AvgIpc) is 3.11. The van der Waals surface area contributed by atoms with Crippen molar-refractivity contribution in [1.29, 1.82) is 0 Å². The fourth-order valence-electron chi connectivity index (χ4n) is 2.26. The summed E-state index contributed by atoms with van der Waals surface area (Å²) < 4.78 is 48.3. The van der Waals surface area contributed by atoms with E-state index in [-0.39, 0.29) is 13.2 Å². The summed E-state index contributed by atoms with van der Waals surface area (Å²) in [7, 11) is 0. The highest BCUT2D eigenvalue weighted by molar-refractivity contribution is 5.98. The van der Waals surface area contributed by atoms with Crippen LogP contribution in [0, 0.1) is 6.92 Å². The Morgan fingerprint density at radius 2 is 1.83 bits per heavy atom. The maximum Gasteiger partial charge on any atom is 0.416 e. The van der Waals surface area contributed by atoms with Crippen molar-refractivity contribution in [2.24, 2.45) is 5.16 Å². The lowest BCUT2D eigenvalue weighted by Gasteiger charge is -2.07. The van der Waals surface area contributed by atoms with E-state index in [4.69, 9.17) is 14.0 Å². The Balaban J connectivity index is 1.51. The summed E-state index contributed by atoms with van der Waals surface area (Å²) in [6, 6.07) is 8.13. The lowest BCUT2D eigenvalue weighted by molar-refractivity contribution is -0.137. The summed E-state index contributed by atoms with van der Waals surface area (Å²) in [5.41, 5.74) is 1.14. The molecule has 2 aromatic heterocycles. The van der Waals surface area contributed by atoms with Crippen LogP contribution in [0.4, 0.5) is 13.2 Å². The summed E-state index contributed by atoms with van der Waals surface area (Å²) in [4.78, 5) is 9.38. The Morgan fingerprint density at radius 1 is 1.07 bits per heavy atom. The highest BCUT2D eigenvalue weighted by Crippen LogP contribution is 2.29. The van der Waals surface area contributed by atoms with Gasteiger partial charge < -0.3 is 14.0 Å². The van der Waals surface area contributed by atoms with Gasteiger partial charge >= 0.3 is 6.18 Å². The Morgan fingerprint density at radius 3 is 2.41 bits per heavy atom. The number of halogens is 3. The Kier molecular flexibility index (Phi) is 6.10. The summed E-state index contributed by atoms with van der Waals surface area (Å²) in [6.45, 7) is 3.57. The number of oxime groups is 1. The Hall–Kier alpha value is -3.43. The lowest BCUT2D eigenvalue weighted by atomic mass is 10.1. The van der Waals surface area contributed by atoms with E-state index in [1.165, 1.54) is 12.1 Å². The molecule has 0 fully saturated rings. The van der Waals surface area contributed by atoms with Gasteiger partial charge in [0, 0.05) is 24.8 Å². The number of hydrogen-bond acceptors (Lipinski definition) is 7. The van der Waals surface area contributed by atoms with Gasteiger partial charge in [-0.3, -0.25) is 0 Å². The topological polar surface area (TPSA) is 82.6 Å². The molecule has 10 heteroatoms. The van der Waals surface area contributed by atoms with E-state index < -0.39 is 11.7 Å². The van der Waals surface area contributed by atoms with Crippen LogP contribution in [-0.2, 0) is 24.2 Å². The molecule has 0 aliphatic heterocycles. The zero-order chi connectivity index (χ0) is 20.9. The molecule has 0 bridgehead atoms. The van der Waals surface area contributed by atoms with Crippen LogP contribution in [0.2, 0.25) is 0 Å². The van der Waals surface area contributed by atoms with Gasteiger partial charge in [-0.2, -0.15) is 13.2 Å². The maximum absolute atomic E-state index is 12.6. The first-order valence-electron chi connectivity index (χ1n) is 8.52. The first-order chi connectivity index (χ1) is 13.8. The number of aromatic nitrogens is 3. The molecular weight excluding hydrogens is 389 g/mol. The molecule has 0 atom stereocenters. The molecule has 0 unspecified atom stereocenters. The standard InChI is InChI=1S/C19H17F3N4O3/c1-12(26-28-10-14-3-6-16(7-4-14)19(20,21)22)15-5-8-17(23-9-15)27-11-18-25-24-13(2)29-18/h3-9H,10-11H2,1-2H3/b26-12+. The van der Waals surface area contributed by atoms with Gasteiger partial charge in [0.25, 0.3) is 5.89 Å². The van der Waals surface area contributed by atoms with Crippen molar-refractivity contribution in [2.45, 2.75) is 33.2 Å². The van der Waals surface area contributed by atoms with Crippen molar-refractivity contribution in [1.82, 2.24) is 15.2 Å². The minimum absolute atomic E-state index is 0.0493. The normalized spacial score (nSPS) is 12.1. The number of ether oxygens (including phenoxy) is 1. The lowest BCUT2D eigenvalue weighted by Crippen LogP contribution is -2.04. The van der Waals surface area contributed by atoms with Crippen molar-refractivity contribution in [2.75, 3.05) is 0 Å². The molecule has 0 saturated heterocycles. The molecule has 3 aromatic rings. The number of rotatable bonds is 7. The van der Waals surface area contributed by atoms with E-state index >= 15 is 0 Å². The predicted molar refractivity (Wildman–Crippen MR) is 96.0 cm³/mol. The first-order valence-corrected chi connectivity index (χ1v) is 8.52. The van der Waals surface area contributed by atoms with Crippen molar-refractivity contribution in [3.8, 4) is 5.88 Å². The number of pyridine rings is 1. The fraction of sp³-hybridized carbons (Fsp3) is 0.263. The van der Waals surface area contributed by atoms with Crippen LogP contribution < -0.4 is 4.74 Å². The molecule has 0 N–H and O–H groups in total. The van der Waals surface area contributed by atoms with Gasteiger partial charge in [0.1, 0.15) is 6.61 Å². The number of benzene rings is 1. The van der Waals surface area contributed by atoms with Crippen LogP contribution in [0.5, 0.6) is 5.88 Å². The first kappa shape index (κ1) is 20.3. The SMILES string of the molecule is C/C(=N\OCc1ccc(C(F)(F)F)cc1)c1ccc(OCc2nnc(C)o2)nc1. The van der Waals surface area contributed by atoms with Gasteiger partial charge in [0.05, 0.1) is 11.3 Å². The van der Waals surface area contributed by atoms with Crippen LogP contribution in [0.3, 0.4) is 0 Å². The number of alkyl halides is 3. The van der Waals surface area contributed by atoms with E-state index in [1.807, 2.05) is 0 Å². The van der Waals surface area contributed by atoms with Gasteiger partial charge in [-0.25, -0.2) is 4.98 Å². The second-order valence-electron chi connectivity index (χ2n) is 6.03. The molecule has 1 aromatic carbocycles. The van der Waals surface area contributed by atoms with Crippen LogP contribution in [-0.4, -0.2) is 20.9 Å². The van der Waals surface area contributed by atoms with Crippen LogP contribution >= 0.6 is 0 Å². The van der Waals surface area contributed by atoms with Crippen molar-refractivity contribution < 1.29 is 27.2 Å². The second-order valence-corrected chi connectivity index (χ2v) is 6.03. The molecule has 0 aliphatic carbocycles. The Labute approximate surface area is 164 Å². The summed E-state index contributed by atoms with van der Waals surface area (Å²) in [5, 5.41) is 11.5. The zero-order valence-electron chi connectivity index (χ0n) is 15.6. The highest BCUT2D eigenvalue weighted by Gasteiger charge is 2.29. The molecule has 0 aliphatic rings. The van der Waals surface area contributed by atoms with E-state index in [0.717, 1.165) is 12.1 Å². The van der Waals surface area contributed by atoms with E-state index in [0.29, 0.717) is 34.5 Å². The van der Waals surface area contributed by atoms with Gasteiger partial charge in [0.15, 0.2) is 6.61 Å². The van der Waals surface area contributed by atoms with Crippen molar-refractivity contribution >= 4 is 5.71 Å². The van der Waals surface area contributed by atoms with Crippen LogP contribution in [0.25, 0.3) is 0 Å². The summed E-state index contributed by atoms with van der Waals surface area (Å²) in [6.07, 6.45) is -2.80. The number of aryl methyl sites for hydroxylation is 1. The van der Waals surface area contributed by atoms with Crippen LogP contribution in [0.1, 0.15) is 35.4 Å². The third-order valence-corrected chi connectivity index (χ3v) is 3.78. The van der Waals surface area contributed by atoms with Gasteiger partial charge in [-0.05, 0) is 30.7 Å². The third-order valence-electron chi connectivity index (χ3n) is 3.78. The molecule has 2 heterocycles. The quantitative estimate of drug-likeness (QED) is 0.430. The maximum atomic E-state index is 12.6. The molecule has 29 heavy (non-hydrogen) atoms. The Bertz CT molecular complexity index is 968. The fourth-order valence-corrected chi connectivity index (χ4v) is 2.26. The van der Waals surface area contributed by atoms with Gasteiger partial charge in [0.2, 0.25) is 11.8 Å². The minimum Gasteiger partial charge on any atom is -0.468 e. The summed E-state index contributed by atoms with van der Waals surface area (Å²) in [5.74, 6) is 1.18. The molecule has 0 saturated carbocycles. The van der Waals surface area contributed by atoms with Crippen molar-refractivity contribution in [3.05, 3.63) is 71.1 Å². The predicted octanol–water partition coefficient (Wildman–Crippen LogP) is 4.31. The molecule has 0 radical (unpaired) electrons.